The number of aliphatic carboxylic acids is 1. The number of carbonyl (C=O) groups is 2. The molecule has 0 saturated carbocycles. The standard InChI is InChI=1S/C20H20N8O4/c1-32-20(31)26-8-6-25(7-9-26)19-23-17-16(21-12-27(17)11-15(29)30)18(24-19)28-14-5-3-2-4-13(14)10-22-28/h2-5,10,12H,6-9,11H2,1H3,(H,29,30). The van der Waals surface area contributed by atoms with Gasteiger partial charge in [0.2, 0.25) is 5.95 Å². The summed E-state index contributed by atoms with van der Waals surface area (Å²) in [6, 6.07) is 7.72. The molecule has 0 aliphatic carbocycles. The van der Waals surface area contributed by atoms with E-state index in [4.69, 9.17) is 9.72 Å². The van der Waals surface area contributed by atoms with Crippen molar-refractivity contribution in [1.29, 1.82) is 0 Å². The highest BCUT2D eigenvalue weighted by molar-refractivity contribution is 5.86. The molecule has 4 aromatic rings. The van der Waals surface area contributed by atoms with Crippen molar-refractivity contribution in [2.75, 3.05) is 38.2 Å². The smallest absolute Gasteiger partial charge is 0.409 e. The summed E-state index contributed by atoms with van der Waals surface area (Å²) in [5, 5.41) is 14.7. The van der Waals surface area contributed by atoms with Crippen molar-refractivity contribution in [3.05, 3.63) is 36.8 Å². The second kappa shape index (κ2) is 7.80. The monoisotopic (exact) mass is 436 g/mol. The summed E-state index contributed by atoms with van der Waals surface area (Å²) in [6.07, 6.45) is 2.82. The van der Waals surface area contributed by atoms with Crippen molar-refractivity contribution in [2.45, 2.75) is 6.54 Å². The Balaban J connectivity index is 1.61. The van der Waals surface area contributed by atoms with E-state index >= 15 is 0 Å². The number of aromatic nitrogens is 6. The highest BCUT2D eigenvalue weighted by Crippen LogP contribution is 2.25. The highest BCUT2D eigenvalue weighted by atomic mass is 16.5. The maximum Gasteiger partial charge on any atom is 0.409 e. The van der Waals surface area contributed by atoms with E-state index in [0.29, 0.717) is 49.1 Å². The van der Waals surface area contributed by atoms with Crippen LogP contribution in [0.1, 0.15) is 0 Å². The Morgan fingerprint density at radius 3 is 2.66 bits per heavy atom. The van der Waals surface area contributed by atoms with Crippen molar-refractivity contribution in [3.63, 3.8) is 0 Å². The lowest BCUT2D eigenvalue weighted by Gasteiger charge is -2.33. The Hall–Kier alpha value is -4.22. The van der Waals surface area contributed by atoms with E-state index in [-0.39, 0.29) is 12.6 Å². The molecule has 1 saturated heterocycles. The fraction of sp³-hybridized carbons (Fsp3) is 0.300. The number of anilines is 1. The first kappa shape index (κ1) is 19.7. The Labute approximate surface area is 181 Å². The summed E-state index contributed by atoms with van der Waals surface area (Å²) in [5.74, 6) is -0.114. The molecule has 12 heteroatoms. The number of carboxylic acids is 1. The zero-order valence-corrected chi connectivity index (χ0v) is 17.2. The molecule has 32 heavy (non-hydrogen) atoms. The van der Waals surface area contributed by atoms with Crippen LogP contribution in [0.25, 0.3) is 27.9 Å². The van der Waals surface area contributed by atoms with Gasteiger partial charge in [0, 0.05) is 31.6 Å². The van der Waals surface area contributed by atoms with Gasteiger partial charge in [-0.3, -0.25) is 4.79 Å². The van der Waals surface area contributed by atoms with Crippen LogP contribution >= 0.6 is 0 Å². The van der Waals surface area contributed by atoms with Gasteiger partial charge in [-0.25, -0.2) is 14.5 Å². The van der Waals surface area contributed by atoms with Crippen LogP contribution in [0.15, 0.2) is 36.8 Å². The lowest BCUT2D eigenvalue weighted by atomic mass is 10.2. The second-order valence-electron chi connectivity index (χ2n) is 7.34. The summed E-state index contributed by atoms with van der Waals surface area (Å²) in [6.45, 7) is 1.66. The molecule has 164 valence electrons. The van der Waals surface area contributed by atoms with Crippen LogP contribution in [-0.4, -0.2) is 84.7 Å². The topological polar surface area (TPSA) is 132 Å². The lowest BCUT2D eigenvalue weighted by molar-refractivity contribution is -0.137. The number of carboxylic acid groups (broad SMARTS) is 1. The Morgan fingerprint density at radius 2 is 1.91 bits per heavy atom. The molecule has 0 bridgehead atoms. The van der Waals surface area contributed by atoms with Gasteiger partial charge in [0.15, 0.2) is 17.0 Å². The summed E-state index contributed by atoms with van der Waals surface area (Å²) < 4.78 is 7.96. The maximum absolute atomic E-state index is 11.8. The number of para-hydroxylation sites is 1. The number of hydrogen-bond acceptors (Lipinski definition) is 8. The van der Waals surface area contributed by atoms with Crippen LogP contribution in [0.3, 0.4) is 0 Å². The third-order valence-corrected chi connectivity index (χ3v) is 5.41. The van der Waals surface area contributed by atoms with Crippen molar-refractivity contribution in [2.24, 2.45) is 0 Å². The van der Waals surface area contributed by atoms with Crippen molar-refractivity contribution in [3.8, 4) is 5.82 Å². The van der Waals surface area contributed by atoms with Gasteiger partial charge in [-0.1, -0.05) is 18.2 Å². The SMILES string of the molecule is COC(=O)N1CCN(c2nc(-n3ncc4ccccc43)c3ncn(CC(=O)O)c3n2)CC1. The molecule has 1 aliphatic rings. The molecular formula is C20H20N8O4. The third kappa shape index (κ3) is 3.35. The molecule has 0 atom stereocenters. The van der Waals surface area contributed by atoms with Crippen LogP contribution in [0.5, 0.6) is 0 Å². The molecule has 1 aliphatic heterocycles. The Bertz CT molecular complexity index is 1320. The minimum absolute atomic E-state index is 0.275. The molecule has 1 N–H and O–H groups in total. The van der Waals surface area contributed by atoms with E-state index in [1.165, 1.54) is 18.0 Å². The molecule has 5 rings (SSSR count). The number of rotatable bonds is 4. The Kier molecular flexibility index (Phi) is 4.81. The number of piperazine rings is 1. The van der Waals surface area contributed by atoms with Gasteiger partial charge in [-0.05, 0) is 6.07 Å². The number of hydrogen-bond donors (Lipinski definition) is 1. The van der Waals surface area contributed by atoms with E-state index in [1.54, 1.807) is 15.8 Å². The summed E-state index contributed by atoms with van der Waals surface area (Å²) >= 11 is 0. The molecule has 1 fully saturated rings. The normalized spacial score (nSPS) is 14.3. The van der Waals surface area contributed by atoms with Crippen LogP contribution in [0.4, 0.5) is 10.7 Å². The quantitative estimate of drug-likeness (QED) is 0.500. The summed E-state index contributed by atoms with van der Waals surface area (Å²) in [7, 11) is 1.36. The molecular weight excluding hydrogens is 416 g/mol. The van der Waals surface area contributed by atoms with Gasteiger partial charge in [0.05, 0.1) is 25.2 Å². The van der Waals surface area contributed by atoms with Gasteiger partial charge >= 0.3 is 12.1 Å². The summed E-state index contributed by atoms with van der Waals surface area (Å²) in [5.41, 5.74) is 1.71. The van der Waals surface area contributed by atoms with Gasteiger partial charge in [0.25, 0.3) is 0 Å². The predicted molar refractivity (Wildman–Crippen MR) is 114 cm³/mol. The number of methoxy groups -OCH3 is 1. The lowest BCUT2D eigenvalue weighted by Crippen LogP contribution is -2.49. The van der Waals surface area contributed by atoms with Crippen LogP contribution < -0.4 is 4.90 Å². The van der Waals surface area contributed by atoms with Crippen molar-refractivity contribution in [1.82, 2.24) is 34.2 Å². The molecule has 0 unspecified atom stereocenters. The van der Waals surface area contributed by atoms with E-state index in [0.717, 1.165) is 10.9 Å². The molecule has 12 nitrogen and oxygen atoms in total. The van der Waals surface area contributed by atoms with Gasteiger partial charge < -0.3 is 24.2 Å². The molecule has 0 radical (unpaired) electrons. The van der Waals surface area contributed by atoms with Crippen LogP contribution in [0, 0.1) is 0 Å². The molecule has 0 spiro atoms. The van der Waals surface area contributed by atoms with Gasteiger partial charge in [-0.2, -0.15) is 15.1 Å². The second-order valence-corrected chi connectivity index (χ2v) is 7.34. The van der Waals surface area contributed by atoms with Gasteiger partial charge in [-0.15, -0.1) is 0 Å². The summed E-state index contributed by atoms with van der Waals surface area (Å²) in [4.78, 5) is 40.5. The minimum Gasteiger partial charge on any atom is -0.480 e. The molecule has 1 amide bonds. The Morgan fingerprint density at radius 1 is 1.12 bits per heavy atom. The molecule has 1 aromatic carbocycles. The zero-order chi connectivity index (χ0) is 22.2. The fourth-order valence-corrected chi connectivity index (χ4v) is 3.83. The zero-order valence-electron chi connectivity index (χ0n) is 17.2. The number of nitrogens with zero attached hydrogens (tertiary/aromatic N) is 8. The minimum atomic E-state index is -0.998. The van der Waals surface area contributed by atoms with E-state index in [2.05, 4.69) is 15.1 Å². The third-order valence-electron chi connectivity index (χ3n) is 5.41. The first-order valence-electron chi connectivity index (χ1n) is 10.0. The van der Waals surface area contributed by atoms with Crippen molar-refractivity contribution >= 4 is 40.1 Å². The van der Waals surface area contributed by atoms with E-state index < -0.39 is 5.97 Å². The number of benzene rings is 1. The number of fused-ring (bicyclic) bond motifs is 2. The maximum atomic E-state index is 11.8. The largest absolute Gasteiger partial charge is 0.480 e. The fourth-order valence-electron chi connectivity index (χ4n) is 3.83. The number of amides is 1. The predicted octanol–water partition coefficient (Wildman–Crippen LogP) is 1.14. The molecule has 4 heterocycles. The average molecular weight is 436 g/mol. The van der Waals surface area contributed by atoms with E-state index in [1.807, 2.05) is 29.2 Å². The highest BCUT2D eigenvalue weighted by Gasteiger charge is 2.25. The van der Waals surface area contributed by atoms with Crippen LogP contribution in [-0.2, 0) is 16.1 Å². The number of imidazole rings is 1. The van der Waals surface area contributed by atoms with Crippen LogP contribution in [0.2, 0.25) is 0 Å². The average Bonchev–Trinajstić information content (AvgIpc) is 3.42. The first-order valence-corrected chi connectivity index (χ1v) is 10.0. The van der Waals surface area contributed by atoms with E-state index in [9.17, 15) is 14.7 Å². The van der Waals surface area contributed by atoms with Crippen molar-refractivity contribution < 1.29 is 19.4 Å². The number of carbonyl (C=O) groups excluding carboxylic acids is 1. The first-order chi connectivity index (χ1) is 15.5. The molecule has 3 aromatic heterocycles. The van der Waals surface area contributed by atoms with Gasteiger partial charge in [0.1, 0.15) is 6.54 Å². The number of ether oxygens (including phenoxy) is 1.